The van der Waals surface area contributed by atoms with E-state index in [2.05, 4.69) is 308 Å². The van der Waals surface area contributed by atoms with E-state index in [0.717, 1.165) is 222 Å². The number of aromatic nitrogens is 6. The van der Waals surface area contributed by atoms with Crippen molar-refractivity contribution in [1.29, 1.82) is 0 Å². The van der Waals surface area contributed by atoms with Gasteiger partial charge in [-0.3, -0.25) is 4.98 Å². The van der Waals surface area contributed by atoms with Gasteiger partial charge in [-0.25, -0.2) is 24.9 Å². The smallest absolute Gasteiger partial charge is 0.135 e. The van der Waals surface area contributed by atoms with E-state index >= 15 is 0 Å². The van der Waals surface area contributed by atoms with Gasteiger partial charge in [0.1, 0.15) is 33.5 Å². The molecule has 17 aromatic carbocycles. The largest absolute Gasteiger partial charge is 0.456 e. The number of pyridine rings is 2. The van der Waals surface area contributed by atoms with Gasteiger partial charge in [0.05, 0.1) is 61.7 Å². The van der Waals surface area contributed by atoms with E-state index in [0.29, 0.717) is 0 Å². The fraction of sp³-hybridized carbons (Fsp3) is 0. The number of nitrogens with zero attached hydrogens (tertiary/aromatic N) is 6. The Hall–Kier alpha value is -16.6. The minimum Gasteiger partial charge on any atom is -0.456 e. The first kappa shape index (κ1) is 72.8. The Morgan fingerprint density at radius 2 is 0.423 bits per heavy atom. The van der Waals surface area contributed by atoms with Gasteiger partial charge in [0.15, 0.2) is 0 Å². The third-order valence-corrected chi connectivity index (χ3v) is 23.1. The van der Waals surface area contributed by atoms with Crippen LogP contribution in [0.4, 0.5) is 0 Å². The van der Waals surface area contributed by atoms with E-state index in [1.54, 1.807) is 0 Å². The molecule has 0 saturated carbocycles. The van der Waals surface area contributed by atoms with Crippen LogP contribution in [0.5, 0.6) is 0 Å². The summed E-state index contributed by atoms with van der Waals surface area (Å²) in [7, 11) is 0. The third kappa shape index (κ3) is 14.3. The van der Waals surface area contributed by atoms with Crippen LogP contribution in [0.15, 0.2) is 450 Å². The van der Waals surface area contributed by atoms with Crippen molar-refractivity contribution in [1.82, 2.24) is 29.9 Å². The quantitative estimate of drug-likeness (QED) is 0.118. The van der Waals surface area contributed by atoms with Crippen LogP contribution in [0.1, 0.15) is 0 Å². The molecule has 0 aliphatic heterocycles. The molecule has 0 spiro atoms. The monoisotopic (exact) mass is 1570 g/mol. The fourth-order valence-electron chi connectivity index (χ4n) is 16.9. The van der Waals surface area contributed by atoms with Gasteiger partial charge in [0.2, 0.25) is 0 Å². The number of furan rings is 3. The first-order valence-electron chi connectivity index (χ1n) is 41.2. The van der Waals surface area contributed by atoms with Gasteiger partial charge in [-0.1, -0.05) is 315 Å². The summed E-state index contributed by atoms with van der Waals surface area (Å²) in [6.07, 6.45) is 1.83. The summed E-state index contributed by atoms with van der Waals surface area (Å²) < 4.78 is 18.1. The first-order chi connectivity index (χ1) is 60.9. The highest BCUT2D eigenvalue weighted by Crippen LogP contribution is 2.43. The maximum Gasteiger partial charge on any atom is 0.135 e. The zero-order valence-electron chi connectivity index (χ0n) is 66.5. The van der Waals surface area contributed by atoms with E-state index in [9.17, 15) is 0 Å². The zero-order chi connectivity index (χ0) is 81.5. The summed E-state index contributed by atoms with van der Waals surface area (Å²) in [5.41, 5.74) is 35.3. The van der Waals surface area contributed by atoms with Crippen molar-refractivity contribution >= 4 is 98.8 Å². The molecule has 0 N–H and O–H groups in total. The van der Waals surface area contributed by atoms with Crippen LogP contribution >= 0.6 is 0 Å². The summed E-state index contributed by atoms with van der Waals surface area (Å²) in [4.78, 5) is 30.4. The second-order valence-corrected chi connectivity index (χ2v) is 30.7. The predicted molar refractivity (Wildman–Crippen MR) is 506 cm³/mol. The molecule has 0 saturated heterocycles. The third-order valence-electron chi connectivity index (χ3n) is 23.1. The second-order valence-electron chi connectivity index (χ2n) is 30.7. The van der Waals surface area contributed by atoms with Crippen LogP contribution in [-0.4, -0.2) is 29.9 Å². The van der Waals surface area contributed by atoms with Gasteiger partial charge < -0.3 is 13.3 Å². The SMILES string of the molecule is c1ccc(-c2cc(-c3ccccc3)cc(-c3nc4ccccc4nc3-c3ccc(-c4ccc5oc6ccccc6c5c4)cc3)c2)cc1.c1ccc(-c2nc(-c3ccc(-c4ccc5oc6ccccc6c5c4)cc3)cc3ncccc23)cc1.c1ccc(-c2nc3ccc(-c4ccc(-c5ccc6oc7ccccc7c6c5)cc4)cc3nc2-c2ccccc2)cc1. The number of fused-ring (bicyclic) bond motifs is 12. The number of rotatable bonds is 12. The molecule has 0 bridgehead atoms. The topological polar surface area (TPSA) is 117 Å². The molecule has 0 aliphatic carbocycles. The Bertz CT molecular complexity index is 8020. The lowest BCUT2D eigenvalue weighted by molar-refractivity contribution is 0.668. The van der Waals surface area contributed by atoms with Gasteiger partial charge in [-0.15, -0.1) is 0 Å². The van der Waals surface area contributed by atoms with E-state index in [1.165, 1.54) is 11.1 Å². The lowest BCUT2D eigenvalue weighted by Gasteiger charge is -2.15. The molecule has 0 unspecified atom stereocenters. The predicted octanol–water partition coefficient (Wildman–Crippen LogP) is 30.6. The van der Waals surface area contributed by atoms with Crippen LogP contribution in [-0.2, 0) is 0 Å². The molecule has 0 aliphatic rings. The van der Waals surface area contributed by atoms with Gasteiger partial charge in [-0.05, 0) is 182 Å². The van der Waals surface area contributed by atoms with Gasteiger partial charge in [-0.2, -0.15) is 0 Å². The van der Waals surface area contributed by atoms with Crippen molar-refractivity contribution in [2.24, 2.45) is 0 Å². The zero-order valence-corrected chi connectivity index (χ0v) is 66.5. The average Bonchev–Trinajstić information content (AvgIpc) is 1.72. The molecule has 9 heteroatoms. The van der Waals surface area contributed by atoms with E-state index in [1.807, 2.05) is 134 Å². The number of hydrogen-bond donors (Lipinski definition) is 0. The van der Waals surface area contributed by atoms with Crippen LogP contribution < -0.4 is 0 Å². The van der Waals surface area contributed by atoms with Crippen LogP contribution in [0.25, 0.3) is 233 Å². The second kappa shape index (κ2) is 31.7. The summed E-state index contributed by atoms with van der Waals surface area (Å²) in [5, 5.41) is 7.86. The van der Waals surface area contributed by atoms with Gasteiger partial charge in [0.25, 0.3) is 0 Å². The molecular formula is C114H72N6O3. The number of hydrogen-bond acceptors (Lipinski definition) is 9. The minimum atomic E-state index is 0.857. The maximum atomic E-state index is 6.07. The Labute approximate surface area is 708 Å². The maximum absolute atomic E-state index is 6.07. The van der Waals surface area contributed by atoms with Gasteiger partial charge in [0, 0.05) is 77.3 Å². The molecule has 0 atom stereocenters. The number of para-hydroxylation sites is 5. The standard InChI is InChI=1S/C44H28N2O.C38H24N2O.C32H20N2O/c1-3-11-29(12-4-1)34-25-35(30-13-5-2-6-14-30)27-36(26-34)44-43(45-39-16-8-9-17-40(39)46-44)32-21-19-31(20-22-32)33-23-24-42-38(28-33)37-15-7-10-18-41(37)47-42;1-3-9-27(10-4-1)37-38(28-11-5-2-6-12-28)40-34-24-30(19-21-33(34)39-37)26-17-15-25(16-18-26)29-20-22-36-32(23-29)31-13-7-8-14-35(31)41-36;1-2-7-23(8-3-1)32-26-10-6-18-33-29(26)20-28(34-32)22-14-12-21(13-15-22)24-16-17-31-27(19-24)25-9-4-5-11-30(25)35-31/h1-28H;1-24H;1-20H. The summed E-state index contributed by atoms with van der Waals surface area (Å²) >= 11 is 0. The van der Waals surface area contributed by atoms with Crippen molar-refractivity contribution in [2.45, 2.75) is 0 Å². The highest BCUT2D eigenvalue weighted by atomic mass is 16.3. The van der Waals surface area contributed by atoms with E-state index in [4.69, 9.17) is 38.2 Å². The molecule has 0 radical (unpaired) electrons. The molecule has 576 valence electrons. The minimum absolute atomic E-state index is 0.857. The Morgan fingerprint density at radius 3 is 0.854 bits per heavy atom. The molecule has 0 fully saturated rings. The summed E-state index contributed by atoms with van der Waals surface area (Å²) in [6.45, 7) is 0. The Morgan fingerprint density at radius 1 is 0.138 bits per heavy atom. The highest BCUT2D eigenvalue weighted by molar-refractivity contribution is 6.09. The molecule has 7 heterocycles. The van der Waals surface area contributed by atoms with E-state index in [-0.39, 0.29) is 0 Å². The van der Waals surface area contributed by atoms with Crippen molar-refractivity contribution in [3.8, 4) is 134 Å². The first-order valence-corrected chi connectivity index (χ1v) is 41.2. The van der Waals surface area contributed by atoms with Crippen molar-refractivity contribution in [3.63, 3.8) is 0 Å². The van der Waals surface area contributed by atoms with Crippen molar-refractivity contribution in [2.75, 3.05) is 0 Å². The molecule has 24 rings (SSSR count). The van der Waals surface area contributed by atoms with Crippen molar-refractivity contribution in [3.05, 3.63) is 437 Å². The molecule has 7 aromatic heterocycles. The Balaban J connectivity index is 0.000000111. The molecule has 9 nitrogen and oxygen atoms in total. The fourth-order valence-corrected chi connectivity index (χ4v) is 16.9. The lowest BCUT2D eigenvalue weighted by atomic mass is 9.93. The van der Waals surface area contributed by atoms with Crippen LogP contribution in [0.3, 0.4) is 0 Å². The molecular weight excluding hydrogens is 1500 g/mol. The average molecular weight is 1570 g/mol. The lowest BCUT2D eigenvalue weighted by Crippen LogP contribution is -1.96. The van der Waals surface area contributed by atoms with Crippen LogP contribution in [0, 0.1) is 0 Å². The normalized spacial score (nSPS) is 11.4. The molecule has 0 amide bonds. The number of benzene rings is 17. The van der Waals surface area contributed by atoms with Gasteiger partial charge >= 0.3 is 0 Å². The summed E-state index contributed by atoms with van der Waals surface area (Å²) in [5.74, 6) is 0. The van der Waals surface area contributed by atoms with Crippen molar-refractivity contribution < 1.29 is 13.3 Å². The van der Waals surface area contributed by atoms with Crippen LogP contribution in [0.2, 0.25) is 0 Å². The highest BCUT2D eigenvalue weighted by Gasteiger charge is 2.21. The summed E-state index contributed by atoms with van der Waals surface area (Å²) in [6, 6.07) is 149. The van der Waals surface area contributed by atoms with E-state index < -0.39 is 0 Å². The molecule has 24 aromatic rings. The molecule has 123 heavy (non-hydrogen) atoms. The Kier molecular flexibility index (Phi) is 18.8.